The number of carbonyl (C=O) groups is 1. The van der Waals surface area contributed by atoms with Crippen molar-refractivity contribution in [2.75, 3.05) is 0 Å². The summed E-state index contributed by atoms with van der Waals surface area (Å²) in [5.41, 5.74) is -0.166. The Hall–Kier alpha value is -3.61. The maximum Gasteiger partial charge on any atom is 0.403 e. The second-order valence-corrected chi connectivity index (χ2v) is 12.7. The number of aryl methyl sites for hydroxylation is 1. The summed E-state index contributed by atoms with van der Waals surface area (Å²) in [7, 11) is 0. The molecule has 1 radical (unpaired) electrons. The van der Waals surface area contributed by atoms with E-state index in [-0.39, 0.29) is 59.2 Å². The summed E-state index contributed by atoms with van der Waals surface area (Å²) in [6.45, 7) is 13.8. The number of allylic oxidation sites excluding steroid dienone is 2. The van der Waals surface area contributed by atoms with E-state index in [1.165, 1.54) is 18.3 Å². The third-order valence-corrected chi connectivity index (χ3v) is 10.0. The van der Waals surface area contributed by atoms with Crippen LogP contribution in [0.5, 0.6) is 0 Å². The molecule has 5 aromatic rings. The van der Waals surface area contributed by atoms with Gasteiger partial charge in [-0.15, -0.1) is 23.6 Å². The molecule has 48 heavy (non-hydrogen) atoms. The van der Waals surface area contributed by atoms with Crippen LogP contribution in [0.25, 0.3) is 43.6 Å². The third kappa shape index (κ3) is 7.66. The van der Waals surface area contributed by atoms with Crippen molar-refractivity contribution >= 4 is 38.1 Å². The number of fused-ring (bicyclic) bond motifs is 4. The van der Waals surface area contributed by atoms with Crippen LogP contribution in [0.1, 0.15) is 78.4 Å². The SMILES string of the molecule is CCC(C)(CC)C(=O)/C=C(\O)C(C)(CC)CC.Cc1ccc2c(ccc3c(-c4[c-]c5ccccc5c(C(F)(F)F)c4)nccc32)c1F.[Ir]. The number of rotatable bonds is 8. The molecule has 1 heterocycles. The molecule has 0 saturated carbocycles. The Morgan fingerprint density at radius 2 is 1.38 bits per heavy atom. The maximum absolute atomic E-state index is 14.6. The van der Waals surface area contributed by atoms with Gasteiger partial charge in [0.25, 0.3) is 0 Å². The van der Waals surface area contributed by atoms with Gasteiger partial charge < -0.3 is 5.11 Å². The van der Waals surface area contributed by atoms with E-state index < -0.39 is 11.7 Å². The van der Waals surface area contributed by atoms with E-state index in [0.29, 0.717) is 32.8 Å². The van der Waals surface area contributed by atoms with Crippen LogP contribution in [0.15, 0.2) is 78.7 Å². The Morgan fingerprint density at radius 3 is 1.98 bits per heavy atom. The molecule has 4 aromatic carbocycles. The van der Waals surface area contributed by atoms with Gasteiger partial charge in [0.1, 0.15) is 11.6 Å². The molecule has 0 aliphatic rings. The topological polar surface area (TPSA) is 50.2 Å². The Kier molecular flexibility index (Phi) is 12.4. The van der Waals surface area contributed by atoms with Gasteiger partial charge in [-0.05, 0) is 66.0 Å². The van der Waals surface area contributed by atoms with Crippen LogP contribution in [-0.2, 0) is 31.1 Å². The zero-order valence-electron chi connectivity index (χ0n) is 28.4. The number of halogens is 4. The summed E-state index contributed by atoms with van der Waals surface area (Å²) in [6.07, 6.45) is 1.77. The molecule has 0 bridgehead atoms. The minimum Gasteiger partial charge on any atom is -0.512 e. The quantitative estimate of drug-likeness (QED) is 0.0557. The smallest absolute Gasteiger partial charge is 0.403 e. The molecule has 0 amide bonds. The number of hydrogen-bond donors (Lipinski definition) is 1. The van der Waals surface area contributed by atoms with E-state index in [9.17, 15) is 27.5 Å². The fraction of sp³-hybridized carbons (Fsp3) is 0.350. The summed E-state index contributed by atoms with van der Waals surface area (Å²) in [4.78, 5) is 16.5. The molecule has 5 rings (SSSR count). The van der Waals surface area contributed by atoms with E-state index >= 15 is 0 Å². The van der Waals surface area contributed by atoms with Crippen molar-refractivity contribution in [2.45, 2.75) is 80.3 Å². The van der Waals surface area contributed by atoms with Crippen molar-refractivity contribution < 1.29 is 47.6 Å². The Balaban J connectivity index is 0.000000301. The van der Waals surface area contributed by atoms with Gasteiger partial charge in [-0.1, -0.05) is 95.0 Å². The minimum atomic E-state index is -4.51. The number of pyridine rings is 1. The maximum atomic E-state index is 14.6. The van der Waals surface area contributed by atoms with Crippen LogP contribution >= 0.6 is 0 Å². The van der Waals surface area contributed by atoms with E-state index in [2.05, 4.69) is 11.1 Å². The van der Waals surface area contributed by atoms with Gasteiger partial charge in [0.2, 0.25) is 0 Å². The zero-order valence-corrected chi connectivity index (χ0v) is 30.8. The van der Waals surface area contributed by atoms with E-state index in [1.54, 1.807) is 49.4 Å². The van der Waals surface area contributed by atoms with Crippen LogP contribution in [0.4, 0.5) is 17.6 Å². The monoisotopic (exact) mass is 837 g/mol. The Bertz CT molecular complexity index is 1960. The average molecular weight is 837 g/mol. The molecule has 8 heteroatoms. The first kappa shape index (κ1) is 38.8. The summed E-state index contributed by atoms with van der Waals surface area (Å²) < 4.78 is 55.8. The molecule has 1 N–H and O–H groups in total. The number of hydrogen-bond acceptors (Lipinski definition) is 3. The molecule has 0 atom stereocenters. The molecule has 0 aliphatic heterocycles. The van der Waals surface area contributed by atoms with Crippen molar-refractivity contribution in [3.8, 4) is 11.3 Å². The van der Waals surface area contributed by atoms with Gasteiger partial charge in [0.05, 0.1) is 0 Å². The number of benzene rings is 4. The molecule has 257 valence electrons. The number of aliphatic hydroxyl groups is 1. The second-order valence-electron chi connectivity index (χ2n) is 12.7. The molecule has 3 nitrogen and oxygen atoms in total. The van der Waals surface area contributed by atoms with E-state index in [1.807, 2.05) is 47.6 Å². The van der Waals surface area contributed by atoms with Gasteiger partial charge in [0.15, 0.2) is 5.78 Å². The average Bonchev–Trinajstić information content (AvgIpc) is 3.07. The van der Waals surface area contributed by atoms with Gasteiger partial charge in [-0.25, -0.2) is 4.39 Å². The molecule has 0 spiro atoms. The van der Waals surface area contributed by atoms with Crippen LogP contribution < -0.4 is 0 Å². The number of carbonyl (C=O) groups excluding carboxylic acids is 1. The summed E-state index contributed by atoms with van der Waals surface area (Å²) in [5, 5.41) is 13.1. The first-order valence-electron chi connectivity index (χ1n) is 16.1. The van der Waals surface area contributed by atoms with Crippen LogP contribution in [0, 0.1) is 29.6 Å². The van der Waals surface area contributed by atoms with Gasteiger partial charge >= 0.3 is 6.18 Å². The fourth-order valence-corrected chi connectivity index (χ4v) is 5.63. The molecule has 0 unspecified atom stereocenters. The molecular formula is C40H42F4IrNO2-. The number of alkyl halides is 3. The number of aromatic nitrogens is 1. The van der Waals surface area contributed by atoms with Crippen molar-refractivity contribution in [1.82, 2.24) is 4.98 Å². The number of ketones is 1. The standard InChI is InChI=1S/C25H14F4N.C15H28O2.Ir/c1-14-6-7-18-19-10-11-30-24(21(19)9-8-20(18)23(14)26)16-12-15-4-2-3-5-17(15)22(13-16)25(27,28)29;1-7-14(5,8-2)12(16)11-13(17)15(6,9-3)10-4;/h2-11,13H,1H3;11,16H,7-10H2,1-6H3;/q-1;;/b;12-11-;. The predicted molar refractivity (Wildman–Crippen MR) is 184 cm³/mol. The third-order valence-electron chi connectivity index (χ3n) is 10.0. The first-order valence-corrected chi connectivity index (χ1v) is 16.1. The largest absolute Gasteiger partial charge is 0.512 e. The number of nitrogens with zero attached hydrogens (tertiary/aromatic N) is 1. The van der Waals surface area contributed by atoms with Crippen LogP contribution in [0.2, 0.25) is 0 Å². The van der Waals surface area contributed by atoms with Crippen molar-refractivity contribution in [3.05, 3.63) is 102 Å². The normalized spacial score (nSPS) is 12.5. The first-order chi connectivity index (χ1) is 22.1. The second kappa shape index (κ2) is 15.3. The van der Waals surface area contributed by atoms with Crippen molar-refractivity contribution in [2.24, 2.45) is 10.8 Å². The summed E-state index contributed by atoms with van der Waals surface area (Å²) >= 11 is 0. The zero-order chi connectivity index (χ0) is 34.7. The number of aliphatic hydroxyl groups excluding tert-OH is 1. The van der Waals surface area contributed by atoms with Crippen molar-refractivity contribution in [3.63, 3.8) is 0 Å². The molecule has 1 aromatic heterocycles. The Morgan fingerprint density at radius 1 is 0.812 bits per heavy atom. The molecule has 0 aliphatic carbocycles. The van der Waals surface area contributed by atoms with Gasteiger partial charge in [-0.3, -0.25) is 9.78 Å². The minimum absolute atomic E-state index is 0. The van der Waals surface area contributed by atoms with E-state index in [0.717, 1.165) is 37.1 Å². The van der Waals surface area contributed by atoms with Gasteiger partial charge in [-0.2, -0.15) is 13.2 Å². The predicted octanol–water partition coefficient (Wildman–Crippen LogP) is 12.1. The van der Waals surface area contributed by atoms with Gasteiger partial charge in [0, 0.05) is 54.3 Å². The molecule has 0 saturated heterocycles. The molecular weight excluding hydrogens is 795 g/mol. The Labute approximate surface area is 293 Å². The molecule has 0 fully saturated rings. The van der Waals surface area contributed by atoms with Crippen molar-refractivity contribution in [1.29, 1.82) is 0 Å². The fourth-order valence-electron chi connectivity index (χ4n) is 5.63. The van der Waals surface area contributed by atoms with Crippen LogP contribution in [0.3, 0.4) is 0 Å². The van der Waals surface area contributed by atoms with Crippen LogP contribution in [-0.4, -0.2) is 15.9 Å². The van der Waals surface area contributed by atoms with E-state index in [4.69, 9.17) is 0 Å². The summed E-state index contributed by atoms with van der Waals surface area (Å²) in [5.74, 6) is -0.0156. The summed E-state index contributed by atoms with van der Waals surface area (Å²) in [6, 6.07) is 19.1.